The molecule has 0 spiro atoms. The first-order valence-electron chi connectivity index (χ1n) is 6.90. The third kappa shape index (κ3) is 4.24. The number of amides is 1. The number of nitrogens with one attached hydrogen (secondary N) is 1. The lowest BCUT2D eigenvalue weighted by Gasteiger charge is -2.10. The molecule has 2 aromatic rings. The quantitative estimate of drug-likeness (QED) is 0.828. The number of anilines is 2. The summed E-state index contributed by atoms with van der Waals surface area (Å²) in [5.41, 5.74) is 9.36. The number of para-hydroxylation sites is 2. The topological polar surface area (TPSA) is 64.3 Å². The fraction of sp³-hybridized carbons (Fsp3) is 0.235. The highest BCUT2D eigenvalue weighted by molar-refractivity contribution is 5.93. The molecule has 4 nitrogen and oxygen atoms in total. The van der Waals surface area contributed by atoms with Crippen molar-refractivity contribution in [2.75, 3.05) is 17.7 Å². The molecule has 0 aliphatic carbocycles. The lowest BCUT2D eigenvalue weighted by molar-refractivity contribution is -0.116. The number of benzene rings is 2. The Bertz CT molecular complexity index is 638. The largest absolute Gasteiger partial charge is 0.493 e. The summed E-state index contributed by atoms with van der Waals surface area (Å²) in [5, 5.41) is 2.77. The Balaban J connectivity index is 1.82. The van der Waals surface area contributed by atoms with Gasteiger partial charge in [-0.15, -0.1) is 0 Å². The molecule has 0 saturated heterocycles. The highest BCUT2D eigenvalue weighted by atomic mass is 16.5. The monoisotopic (exact) mass is 284 g/mol. The zero-order valence-electron chi connectivity index (χ0n) is 12.3. The van der Waals surface area contributed by atoms with Gasteiger partial charge in [-0.3, -0.25) is 4.79 Å². The van der Waals surface area contributed by atoms with Crippen LogP contribution in [0.1, 0.15) is 17.5 Å². The van der Waals surface area contributed by atoms with Crippen molar-refractivity contribution in [3.63, 3.8) is 0 Å². The molecule has 2 aromatic carbocycles. The number of carbonyl (C=O) groups is 1. The van der Waals surface area contributed by atoms with Crippen molar-refractivity contribution in [1.82, 2.24) is 0 Å². The molecule has 0 unspecified atom stereocenters. The minimum Gasteiger partial charge on any atom is -0.493 e. The summed E-state index contributed by atoms with van der Waals surface area (Å²) in [6, 6.07) is 13.1. The molecule has 0 bridgehead atoms. The number of hydrogen-bond donors (Lipinski definition) is 2. The Hall–Kier alpha value is -2.49. The first kappa shape index (κ1) is 14.9. The van der Waals surface area contributed by atoms with Crippen molar-refractivity contribution in [2.24, 2.45) is 0 Å². The summed E-state index contributed by atoms with van der Waals surface area (Å²) in [7, 11) is 0. The van der Waals surface area contributed by atoms with Crippen LogP contribution in [0.5, 0.6) is 5.75 Å². The van der Waals surface area contributed by atoms with Gasteiger partial charge >= 0.3 is 0 Å². The third-order valence-electron chi connectivity index (χ3n) is 3.31. The van der Waals surface area contributed by atoms with Crippen LogP contribution in [-0.4, -0.2) is 12.5 Å². The Morgan fingerprint density at radius 1 is 1.14 bits per heavy atom. The molecule has 0 aliphatic heterocycles. The third-order valence-corrected chi connectivity index (χ3v) is 3.31. The number of aryl methyl sites for hydroxylation is 2. The van der Waals surface area contributed by atoms with E-state index in [9.17, 15) is 4.79 Å². The molecule has 0 aliphatic rings. The molecular weight excluding hydrogens is 264 g/mol. The molecule has 0 heterocycles. The molecular formula is C17H20N2O2. The van der Waals surface area contributed by atoms with Gasteiger partial charge in [-0.25, -0.2) is 0 Å². The molecule has 2 rings (SSSR count). The van der Waals surface area contributed by atoms with Crippen molar-refractivity contribution in [3.8, 4) is 5.75 Å². The van der Waals surface area contributed by atoms with Gasteiger partial charge in [0.1, 0.15) is 5.75 Å². The van der Waals surface area contributed by atoms with Gasteiger partial charge in [0.25, 0.3) is 0 Å². The zero-order chi connectivity index (χ0) is 15.2. The fourth-order valence-corrected chi connectivity index (χ4v) is 1.89. The van der Waals surface area contributed by atoms with Crippen LogP contribution in [0.25, 0.3) is 0 Å². The number of carbonyl (C=O) groups excluding carboxylic acids is 1. The SMILES string of the molecule is Cc1ccc(OCCC(=O)Nc2ccccc2N)cc1C. The number of nitrogen functional groups attached to an aromatic ring is 1. The van der Waals surface area contributed by atoms with Crippen LogP contribution in [0.3, 0.4) is 0 Å². The molecule has 1 amide bonds. The van der Waals surface area contributed by atoms with Crippen molar-refractivity contribution in [3.05, 3.63) is 53.6 Å². The molecule has 0 radical (unpaired) electrons. The summed E-state index contributed by atoms with van der Waals surface area (Å²) in [6.07, 6.45) is 0.279. The lowest BCUT2D eigenvalue weighted by atomic mass is 10.1. The van der Waals surface area contributed by atoms with E-state index < -0.39 is 0 Å². The fourth-order valence-electron chi connectivity index (χ4n) is 1.89. The molecule has 0 saturated carbocycles. The van der Waals surface area contributed by atoms with Crippen LogP contribution in [0.15, 0.2) is 42.5 Å². The number of ether oxygens (including phenoxy) is 1. The maximum absolute atomic E-state index is 11.8. The Morgan fingerprint density at radius 3 is 2.62 bits per heavy atom. The first-order chi connectivity index (χ1) is 10.1. The second-order valence-corrected chi connectivity index (χ2v) is 4.98. The molecule has 21 heavy (non-hydrogen) atoms. The minimum absolute atomic E-state index is 0.114. The van der Waals surface area contributed by atoms with E-state index in [1.807, 2.05) is 37.3 Å². The van der Waals surface area contributed by atoms with Gasteiger partial charge in [0.05, 0.1) is 24.4 Å². The molecule has 3 N–H and O–H groups in total. The van der Waals surface area contributed by atoms with Crippen LogP contribution in [0.2, 0.25) is 0 Å². The summed E-state index contributed by atoms with van der Waals surface area (Å²) >= 11 is 0. The van der Waals surface area contributed by atoms with Crippen molar-refractivity contribution < 1.29 is 9.53 Å². The summed E-state index contributed by atoms with van der Waals surface area (Å²) in [4.78, 5) is 11.8. The van der Waals surface area contributed by atoms with Crippen LogP contribution in [0, 0.1) is 13.8 Å². The van der Waals surface area contributed by atoms with E-state index in [-0.39, 0.29) is 12.3 Å². The second-order valence-electron chi connectivity index (χ2n) is 4.98. The molecule has 0 aromatic heterocycles. The predicted octanol–water partition coefficient (Wildman–Crippen LogP) is 3.29. The number of nitrogens with two attached hydrogens (primary N) is 1. The highest BCUT2D eigenvalue weighted by Crippen LogP contribution is 2.18. The molecule has 0 fully saturated rings. The molecule has 110 valence electrons. The smallest absolute Gasteiger partial charge is 0.227 e. The van der Waals surface area contributed by atoms with E-state index in [0.29, 0.717) is 18.0 Å². The number of rotatable bonds is 5. The maximum atomic E-state index is 11.8. The molecule has 0 atom stereocenters. The van der Waals surface area contributed by atoms with E-state index in [1.54, 1.807) is 12.1 Å². The number of hydrogen-bond acceptors (Lipinski definition) is 3. The van der Waals surface area contributed by atoms with Gasteiger partial charge in [-0.05, 0) is 49.2 Å². The normalized spacial score (nSPS) is 10.2. The van der Waals surface area contributed by atoms with Crippen LogP contribution < -0.4 is 15.8 Å². The minimum atomic E-state index is -0.114. The van der Waals surface area contributed by atoms with Crippen LogP contribution >= 0.6 is 0 Å². The maximum Gasteiger partial charge on any atom is 0.227 e. The van der Waals surface area contributed by atoms with Gasteiger partial charge < -0.3 is 15.8 Å². The average molecular weight is 284 g/mol. The zero-order valence-corrected chi connectivity index (χ0v) is 12.3. The van der Waals surface area contributed by atoms with Gasteiger partial charge in [0.2, 0.25) is 5.91 Å². The second kappa shape index (κ2) is 6.79. The Labute approximate surface area is 124 Å². The van der Waals surface area contributed by atoms with Crippen molar-refractivity contribution in [2.45, 2.75) is 20.3 Å². The van der Waals surface area contributed by atoms with Gasteiger partial charge in [0, 0.05) is 0 Å². The van der Waals surface area contributed by atoms with Crippen LogP contribution in [0.4, 0.5) is 11.4 Å². The molecule has 4 heteroatoms. The first-order valence-corrected chi connectivity index (χ1v) is 6.90. The standard InChI is InChI=1S/C17H20N2O2/c1-12-7-8-14(11-13(12)2)21-10-9-17(20)19-16-6-4-3-5-15(16)18/h3-8,11H,9-10,18H2,1-2H3,(H,19,20). The summed E-state index contributed by atoms with van der Waals surface area (Å²) in [5.74, 6) is 0.668. The van der Waals surface area contributed by atoms with Crippen molar-refractivity contribution >= 4 is 17.3 Å². The van der Waals surface area contributed by atoms with E-state index >= 15 is 0 Å². The Morgan fingerprint density at radius 2 is 1.90 bits per heavy atom. The highest BCUT2D eigenvalue weighted by Gasteiger charge is 2.05. The van der Waals surface area contributed by atoms with Gasteiger partial charge in [-0.2, -0.15) is 0 Å². The predicted molar refractivity (Wildman–Crippen MR) is 85.5 cm³/mol. The summed E-state index contributed by atoms with van der Waals surface area (Å²) in [6.45, 7) is 4.42. The van der Waals surface area contributed by atoms with Crippen molar-refractivity contribution in [1.29, 1.82) is 0 Å². The Kier molecular flexibility index (Phi) is 4.82. The summed E-state index contributed by atoms with van der Waals surface area (Å²) < 4.78 is 5.59. The van der Waals surface area contributed by atoms with E-state index in [4.69, 9.17) is 10.5 Å². The van der Waals surface area contributed by atoms with E-state index in [0.717, 1.165) is 5.75 Å². The van der Waals surface area contributed by atoms with E-state index in [1.165, 1.54) is 11.1 Å². The van der Waals surface area contributed by atoms with Gasteiger partial charge in [0.15, 0.2) is 0 Å². The van der Waals surface area contributed by atoms with Crippen LogP contribution in [-0.2, 0) is 4.79 Å². The lowest BCUT2D eigenvalue weighted by Crippen LogP contribution is -2.16. The van der Waals surface area contributed by atoms with Gasteiger partial charge in [-0.1, -0.05) is 18.2 Å². The van der Waals surface area contributed by atoms with E-state index in [2.05, 4.69) is 12.2 Å². The average Bonchev–Trinajstić information content (AvgIpc) is 2.45.